The first-order valence-corrected chi connectivity index (χ1v) is 30.7. The third kappa shape index (κ3) is 9.16. The number of para-hydroxylation sites is 3. The molecule has 0 saturated heterocycles. The Labute approximate surface area is 570 Å². The molecule has 0 unspecified atom stereocenters. The standard InChI is InChI=1S/C88H60N4O2/c1-88(2,3)64-44-45-89-84(52-64)92-79-38-17-15-32-72(79)73-42-41-67(54-80(73)92)93-66-29-19-28-65(53-66)90-55-91-86-69(59-40-43-83-77(49-59)74-33-16-18-39-82(74)94-83)35-21-37-76(86)85-68(58-26-11-6-12-27-58)34-20-36-75(85)70-30-13-14-31-71(70)78-50-63(51-81(90)87(78)91)62-47-60(56-22-7-4-8-23-56)46-61(48-62)57-24-9-5-10-25-57/h4-54H,1-3H3/i4D,5D,6D,7D,8D,9D,10D,11D,12D,22D,23D,24D,25D,26D,27D,46D,47D,48D. The fourth-order valence-electron chi connectivity index (χ4n) is 13.4. The molecule has 94 heavy (non-hydrogen) atoms. The van der Waals surface area contributed by atoms with Crippen LogP contribution in [0.25, 0.3) is 161 Å². The van der Waals surface area contributed by atoms with Gasteiger partial charge >= 0.3 is 0 Å². The van der Waals surface area contributed by atoms with Gasteiger partial charge in [0.1, 0.15) is 28.5 Å². The Morgan fingerprint density at radius 1 is 0.426 bits per heavy atom. The number of ether oxygens (including phenoxy) is 1. The Hall–Kier alpha value is -12.1. The minimum atomic E-state index is -0.816. The molecular formula is C88H60N4O2. The highest BCUT2D eigenvalue weighted by Gasteiger charge is 2.30. The van der Waals surface area contributed by atoms with Crippen molar-refractivity contribution >= 4 is 54.8 Å². The summed E-state index contributed by atoms with van der Waals surface area (Å²) >= 11 is 0. The summed E-state index contributed by atoms with van der Waals surface area (Å²) in [7, 11) is 0. The number of hydrogen-bond acceptors (Lipinski definition) is 3. The normalized spacial score (nSPS) is 14.7. The molecule has 0 radical (unpaired) electrons. The molecule has 444 valence electrons. The summed E-state index contributed by atoms with van der Waals surface area (Å²) in [6.07, 6.45) is 5.64. The van der Waals surface area contributed by atoms with E-state index in [4.69, 9.17) is 26.5 Å². The van der Waals surface area contributed by atoms with Crippen LogP contribution in [0, 0.1) is 6.33 Å². The van der Waals surface area contributed by atoms with E-state index in [0.29, 0.717) is 89.6 Å². The molecule has 0 N–H and O–H groups in total. The van der Waals surface area contributed by atoms with Gasteiger partial charge in [-0.25, -0.2) is 4.98 Å². The number of fused-ring (bicyclic) bond motifs is 13. The van der Waals surface area contributed by atoms with Crippen molar-refractivity contribution in [1.29, 1.82) is 0 Å². The molecule has 1 aliphatic rings. The Kier molecular flexibility index (Phi) is 9.09. The summed E-state index contributed by atoms with van der Waals surface area (Å²) in [4.78, 5) is 4.91. The van der Waals surface area contributed by atoms with Gasteiger partial charge in [-0.15, -0.1) is 0 Å². The molecule has 0 spiro atoms. The van der Waals surface area contributed by atoms with Gasteiger partial charge in [-0.3, -0.25) is 13.7 Å². The molecule has 1 aliphatic heterocycles. The van der Waals surface area contributed by atoms with Crippen molar-refractivity contribution in [2.75, 3.05) is 0 Å². The summed E-state index contributed by atoms with van der Waals surface area (Å²) in [5.74, 6) is 1.57. The molecule has 13 aromatic carbocycles. The van der Waals surface area contributed by atoms with E-state index in [1.807, 2.05) is 162 Å². The van der Waals surface area contributed by atoms with Gasteiger partial charge in [0, 0.05) is 33.8 Å². The van der Waals surface area contributed by atoms with Gasteiger partial charge in [0.15, 0.2) is 0 Å². The van der Waals surface area contributed by atoms with E-state index in [-0.39, 0.29) is 27.7 Å². The highest BCUT2D eigenvalue weighted by molar-refractivity contribution is 6.11. The van der Waals surface area contributed by atoms with Crippen LogP contribution in [0.3, 0.4) is 0 Å². The maximum atomic E-state index is 10.5. The molecule has 4 aromatic heterocycles. The zero-order valence-corrected chi connectivity index (χ0v) is 50.7. The predicted molar refractivity (Wildman–Crippen MR) is 385 cm³/mol. The largest absolute Gasteiger partial charge is 0.458 e. The maximum Gasteiger partial charge on any atom is 0.269 e. The number of nitrogens with zero attached hydrogens (tertiary/aromatic N) is 4. The fourth-order valence-corrected chi connectivity index (χ4v) is 13.4. The molecule has 5 heterocycles. The molecular weight excluding hydrogens is 1140 g/mol. The molecule has 0 amide bonds. The second kappa shape index (κ2) is 21.8. The van der Waals surface area contributed by atoms with Crippen LogP contribution in [-0.2, 0) is 5.41 Å². The van der Waals surface area contributed by atoms with Crippen LogP contribution in [0.15, 0.2) is 314 Å². The van der Waals surface area contributed by atoms with Crippen molar-refractivity contribution in [3.8, 4) is 118 Å². The van der Waals surface area contributed by atoms with Crippen LogP contribution in [0.5, 0.6) is 11.5 Å². The minimum absolute atomic E-state index is 0.0474. The number of rotatable bonds is 9. The summed E-state index contributed by atoms with van der Waals surface area (Å²) in [5.41, 5.74) is 7.49. The van der Waals surface area contributed by atoms with Crippen molar-refractivity contribution in [3.05, 3.63) is 321 Å². The first-order valence-electron chi connectivity index (χ1n) is 39.7. The monoisotopic (exact) mass is 1220 g/mol. The lowest BCUT2D eigenvalue weighted by Gasteiger charge is -2.21. The second-order valence-electron chi connectivity index (χ2n) is 24.2. The molecule has 18 rings (SSSR count). The van der Waals surface area contributed by atoms with Crippen LogP contribution in [-0.4, -0.2) is 14.1 Å². The lowest BCUT2D eigenvalue weighted by atomic mass is 9.83. The first-order chi connectivity index (χ1) is 53.7. The highest BCUT2D eigenvalue weighted by Crippen LogP contribution is 2.50. The van der Waals surface area contributed by atoms with Gasteiger partial charge in [0.2, 0.25) is 0 Å². The summed E-state index contributed by atoms with van der Waals surface area (Å²) in [6.45, 7) is 6.47. The smallest absolute Gasteiger partial charge is 0.269 e. The lowest BCUT2D eigenvalue weighted by Crippen LogP contribution is -2.32. The summed E-state index contributed by atoms with van der Waals surface area (Å²) in [6, 6.07) is 48.3. The van der Waals surface area contributed by atoms with Crippen LogP contribution in [0.2, 0.25) is 0 Å². The molecule has 0 bridgehead atoms. The predicted octanol–water partition coefficient (Wildman–Crippen LogP) is 22.8. The number of aromatic nitrogens is 4. The van der Waals surface area contributed by atoms with Crippen LogP contribution >= 0.6 is 0 Å². The SMILES string of the molecule is [2H]c1c([2H])c([2H])c(-c2cccc3c2-c2cccc(-c4ccc5oc6ccccc6c5c4)c2-[n+]2[c-]n(-c4cccc(Oc5ccc6c7ccccc7n(-c7cc(C(C)(C)C)ccn7)c6c5)c4)c4cc(-c5c([2H])c(-c6c([2H])c([2H])c([2H])c([2H])c6[2H])c([2H])c(-c6c([2H])c([2H])c([2H])c([2H])c6[2H])c5[2H])cc(c42)-c2ccccc2-3)c([2H])c1[2H]. The zero-order valence-electron chi connectivity index (χ0n) is 68.7. The molecule has 17 aromatic rings. The minimum Gasteiger partial charge on any atom is -0.458 e. The van der Waals surface area contributed by atoms with Crippen LogP contribution in [0.1, 0.15) is 51.0 Å². The highest BCUT2D eigenvalue weighted by atomic mass is 16.5. The maximum absolute atomic E-state index is 10.5. The molecule has 0 atom stereocenters. The van der Waals surface area contributed by atoms with Crippen molar-refractivity contribution in [2.24, 2.45) is 0 Å². The molecule has 0 fully saturated rings. The number of imidazole rings is 1. The van der Waals surface area contributed by atoms with Gasteiger partial charge in [0.05, 0.1) is 58.1 Å². The number of furan rings is 1. The molecule has 6 nitrogen and oxygen atoms in total. The third-order valence-corrected chi connectivity index (χ3v) is 17.6. The number of pyridine rings is 1. The average Bonchev–Trinajstić information content (AvgIpc) is 1.38. The topological polar surface area (TPSA) is 49.0 Å². The van der Waals surface area contributed by atoms with E-state index in [0.717, 1.165) is 44.0 Å². The van der Waals surface area contributed by atoms with E-state index in [2.05, 4.69) is 49.9 Å². The van der Waals surface area contributed by atoms with E-state index >= 15 is 0 Å². The van der Waals surface area contributed by atoms with Gasteiger partial charge in [-0.2, -0.15) is 0 Å². The quantitative estimate of drug-likeness (QED) is 0.107. The van der Waals surface area contributed by atoms with Gasteiger partial charge < -0.3 is 9.15 Å². The Balaban J connectivity index is 0.979. The van der Waals surface area contributed by atoms with Gasteiger partial charge in [-0.1, -0.05) is 227 Å². The van der Waals surface area contributed by atoms with Crippen molar-refractivity contribution < 1.29 is 38.4 Å². The lowest BCUT2D eigenvalue weighted by molar-refractivity contribution is -0.570. The first kappa shape index (κ1) is 39.2. The average molecular weight is 1220 g/mol. The van der Waals surface area contributed by atoms with Crippen molar-refractivity contribution in [3.63, 3.8) is 0 Å². The molecule has 0 aliphatic carbocycles. The van der Waals surface area contributed by atoms with Crippen molar-refractivity contribution in [2.45, 2.75) is 26.2 Å². The Bertz CT molecular complexity index is 6850. The fraction of sp³-hybridized carbons (Fsp3) is 0.0455. The van der Waals surface area contributed by atoms with Gasteiger partial charge in [-0.05, 0) is 191 Å². The van der Waals surface area contributed by atoms with E-state index < -0.39 is 131 Å². The van der Waals surface area contributed by atoms with E-state index in [1.54, 1.807) is 28.8 Å². The summed E-state index contributed by atoms with van der Waals surface area (Å²) in [5, 5.41) is 3.62. The van der Waals surface area contributed by atoms with Crippen LogP contribution in [0.4, 0.5) is 0 Å². The third-order valence-electron chi connectivity index (χ3n) is 17.6. The summed E-state index contributed by atoms with van der Waals surface area (Å²) < 4.78 is 187. The Morgan fingerprint density at radius 3 is 1.79 bits per heavy atom. The zero-order chi connectivity index (χ0) is 78.3. The van der Waals surface area contributed by atoms with Crippen LogP contribution < -0.4 is 9.30 Å². The van der Waals surface area contributed by atoms with E-state index in [9.17, 15) is 12.3 Å². The van der Waals surface area contributed by atoms with Gasteiger partial charge in [0.25, 0.3) is 6.33 Å². The Morgan fingerprint density at radius 2 is 1.03 bits per heavy atom. The molecule has 6 heteroatoms. The molecule has 0 saturated carbocycles. The number of benzene rings is 13. The van der Waals surface area contributed by atoms with Crippen molar-refractivity contribution in [1.82, 2.24) is 14.1 Å². The van der Waals surface area contributed by atoms with E-state index in [1.165, 1.54) is 0 Å². The number of hydrogen-bond donors (Lipinski definition) is 0. The second-order valence-corrected chi connectivity index (χ2v) is 24.2.